The molecule has 3 aromatic rings. The van der Waals surface area contributed by atoms with Crippen molar-refractivity contribution in [2.45, 2.75) is 70.4 Å². The molecule has 2 amide bonds. The van der Waals surface area contributed by atoms with Crippen molar-refractivity contribution in [1.82, 2.24) is 15.2 Å². The molecule has 0 bridgehead atoms. The summed E-state index contributed by atoms with van der Waals surface area (Å²) in [5, 5.41) is 2.07. The zero-order valence-corrected chi connectivity index (χ0v) is 29.3. The molecule has 13 heteroatoms. The Labute approximate surface area is 290 Å². The van der Waals surface area contributed by atoms with Crippen LogP contribution in [-0.2, 0) is 19.8 Å². The van der Waals surface area contributed by atoms with E-state index in [0.717, 1.165) is 31.5 Å². The molecule has 0 radical (unpaired) electrons. The second-order valence-corrected chi connectivity index (χ2v) is 13.5. The predicted molar refractivity (Wildman–Crippen MR) is 179 cm³/mol. The molecule has 1 fully saturated rings. The quantitative estimate of drug-likeness (QED) is 0.221. The molecule has 3 atom stereocenters. The summed E-state index contributed by atoms with van der Waals surface area (Å²) in [5.74, 6) is -3.59. The maximum absolute atomic E-state index is 16.7. The first-order chi connectivity index (χ1) is 23.3. The van der Waals surface area contributed by atoms with Gasteiger partial charge in [-0.05, 0) is 45.6 Å². The van der Waals surface area contributed by atoms with E-state index in [0.29, 0.717) is 17.7 Å². The van der Waals surface area contributed by atoms with E-state index in [2.05, 4.69) is 10.3 Å². The Balaban J connectivity index is 1.59. The first kappa shape index (κ1) is 36.3. The fourth-order valence-corrected chi connectivity index (χ4v) is 6.47. The van der Waals surface area contributed by atoms with Crippen molar-refractivity contribution in [2.24, 2.45) is 0 Å². The van der Waals surface area contributed by atoms with Gasteiger partial charge in [0.1, 0.15) is 23.8 Å². The zero-order valence-electron chi connectivity index (χ0n) is 28.5. The number of carbonyl (C=O) groups is 2. The smallest absolute Gasteiger partial charge is 0.410 e. The molecule has 2 aliphatic rings. The molecule has 264 valence electrons. The Bertz CT molecular complexity index is 1680. The van der Waals surface area contributed by atoms with Crippen molar-refractivity contribution in [1.29, 1.82) is 0 Å². The largest absolute Gasteiger partial charge is 0.480 e. The van der Waals surface area contributed by atoms with E-state index in [4.69, 9.17) is 35.3 Å². The van der Waals surface area contributed by atoms with Gasteiger partial charge in [0.15, 0.2) is 17.7 Å². The molecule has 0 aliphatic carbocycles. The van der Waals surface area contributed by atoms with E-state index < -0.39 is 51.7 Å². The van der Waals surface area contributed by atoms with Crippen LogP contribution in [0.1, 0.15) is 74.4 Å². The lowest BCUT2D eigenvalue weighted by atomic mass is 9.77. The van der Waals surface area contributed by atoms with Crippen LogP contribution in [0.25, 0.3) is 11.1 Å². The number of halogens is 3. The molecule has 1 saturated heterocycles. The van der Waals surface area contributed by atoms with Gasteiger partial charge in [0.25, 0.3) is 11.8 Å². The number of aromatic nitrogens is 1. The van der Waals surface area contributed by atoms with Crippen LogP contribution in [0.5, 0.6) is 11.6 Å². The number of ether oxygens (including phenoxy) is 5. The molecule has 2 aromatic carbocycles. The summed E-state index contributed by atoms with van der Waals surface area (Å²) in [6.07, 6.45) is 2.90. The summed E-state index contributed by atoms with van der Waals surface area (Å²) in [4.78, 5) is 31.8. The van der Waals surface area contributed by atoms with Crippen molar-refractivity contribution < 1.29 is 42.1 Å². The highest BCUT2D eigenvalue weighted by atomic mass is 35.5. The van der Waals surface area contributed by atoms with Crippen LogP contribution < -0.4 is 14.8 Å². The highest BCUT2D eigenvalue weighted by Crippen LogP contribution is 2.56. The Hall–Kier alpha value is -4.00. The minimum absolute atomic E-state index is 0.0271. The van der Waals surface area contributed by atoms with Crippen LogP contribution >= 0.6 is 11.6 Å². The summed E-state index contributed by atoms with van der Waals surface area (Å²) in [5.41, 5.74) is -1.63. The number of hydrogen-bond acceptors (Lipinski definition) is 8. The van der Waals surface area contributed by atoms with Crippen molar-refractivity contribution in [3.8, 4) is 22.8 Å². The SMILES string of the molecule is CNC(=O)c1cnc(OCCOC2CCCCO2)c(F)c1-c1c(Cl)c(F)cc2c1C(C)C(CN(C)C(=O)OC(C)(C)C)(c1ccccc1)O2. The molecule has 2 aliphatic heterocycles. The highest BCUT2D eigenvalue weighted by molar-refractivity contribution is 6.34. The Morgan fingerprint density at radius 3 is 2.53 bits per heavy atom. The summed E-state index contributed by atoms with van der Waals surface area (Å²) in [6.45, 7) is 7.72. The number of fused-ring (bicyclic) bond motifs is 1. The number of pyridine rings is 1. The molecular weight excluding hydrogens is 660 g/mol. The first-order valence-electron chi connectivity index (χ1n) is 16.2. The van der Waals surface area contributed by atoms with Gasteiger partial charge in [-0.25, -0.2) is 18.6 Å². The van der Waals surface area contributed by atoms with Crippen LogP contribution in [0.2, 0.25) is 5.02 Å². The van der Waals surface area contributed by atoms with Gasteiger partial charge >= 0.3 is 6.09 Å². The third-order valence-corrected chi connectivity index (χ3v) is 8.93. The number of nitrogens with zero attached hydrogens (tertiary/aromatic N) is 2. The predicted octanol–water partition coefficient (Wildman–Crippen LogP) is 7.22. The third-order valence-electron chi connectivity index (χ3n) is 8.56. The summed E-state index contributed by atoms with van der Waals surface area (Å²) < 4.78 is 61.6. The molecule has 0 saturated carbocycles. The minimum Gasteiger partial charge on any atom is -0.480 e. The van der Waals surface area contributed by atoms with Gasteiger partial charge in [0.05, 0.1) is 23.7 Å². The molecule has 10 nitrogen and oxygen atoms in total. The number of hydrogen-bond donors (Lipinski definition) is 1. The maximum atomic E-state index is 16.7. The van der Waals surface area contributed by atoms with Crippen molar-refractivity contribution >= 4 is 23.6 Å². The number of amides is 2. The number of carbonyl (C=O) groups excluding carboxylic acids is 2. The second kappa shape index (κ2) is 14.9. The highest BCUT2D eigenvalue weighted by Gasteiger charge is 2.51. The first-order valence-corrected chi connectivity index (χ1v) is 16.6. The zero-order chi connectivity index (χ0) is 35.5. The van der Waals surface area contributed by atoms with Crippen LogP contribution in [0.3, 0.4) is 0 Å². The van der Waals surface area contributed by atoms with E-state index in [1.165, 1.54) is 11.9 Å². The minimum atomic E-state index is -1.30. The Kier molecular flexibility index (Phi) is 11.0. The van der Waals surface area contributed by atoms with E-state index in [1.807, 2.05) is 37.3 Å². The van der Waals surface area contributed by atoms with E-state index in [9.17, 15) is 9.59 Å². The fraction of sp³-hybridized carbons (Fsp3) is 0.472. The molecule has 1 aromatic heterocycles. The molecular formula is C36H42ClF2N3O7. The summed E-state index contributed by atoms with van der Waals surface area (Å²) in [6, 6.07) is 10.3. The van der Waals surface area contributed by atoms with Crippen molar-refractivity contribution in [3.05, 3.63) is 75.9 Å². The summed E-state index contributed by atoms with van der Waals surface area (Å²) >= 11 is 6.69. The topological polar surface area (TPSA) is 108 Å². The number of nitrogens with one attached hydrogen (secondary N) is 1. The van der Waals surface area contributed by atoms with E-state index >= 15 is 8.78 Å². The number of likely N-dealkylation sites (N-methyl/N-ethyl adjacent to an activating group) is 1. The second-order valence-electron chi connectivity index (χ2n) is 13.1. The number of rotatable bonds is 10. The van der Waals surface area contributed by atoms with Crippen molar-refractivity contribution in [2.75, 3.05) is 40.5 Å². The van der Waals surface area contributed by atoms with E-state index in [1.54, 1.807) is 27.8 Å². The lowest BCUT2D eigenvalue weighted by Gasteiger charge is -2.37. The molecule has 1 N–H and O–H groups in total. The number of benzene rings is 2. The van der Waals surface area contributed by atoms with Crippen LogP contribution in [0.4, 0.5) is 13.6 Å². The van der Waals surface area contributed by atoms with Gasteiger partial charge < -0.3 is 33.9 Å². The average molecular weight is 702 g/mol. The van der Waals surface area contributed by atoms with Gasteiger partial charge in [-0.2, -0.15) is 0 Å². The molecule has 3 unspecified atom stereocenters. The lowest BCUT2D eigenvalue weighted by Crippen LogP contribution is -2.47. The van der Waals surface area contributed by atoms with Crippen LogP contribution in [-0.4, -0.2) is 74.2 Å². The van der Waals surface area contributed by atoms with Crippen LogP contribution in [0.15, 0.2) is 42.6 Å². The molecule has 3 heterocycles. The standard InChI is InChI=1S/C36H42ClF2N3O7/c1-21-27-25(48-36(21,22-12-8-7-9-13-22)20-42(6)34(44)49-35(2,3)4)18-24(38)30(37)29(27)28-23(32(43)40-5)19-41-33(31(28)39)47-17-16-46-26-14-10-11-15-45-26/h7-9,12-13,18-19,21,26H,10-11,14-17,20H2,1-6H3,(H,40,43). The van der Waals surface area contributed by atoms with Gasteiger partial charge in [-0.1, -0.05) is 48.9 Å². The van der Waals surface area contributed by atoms with E-state index in [-0.39, 0.29) is 48.5 Å². The van der Waals surface area contributed by atoms with Gasteiger partial charge in [-0.3, -0.25) is 4.79 Å². The fourth-order valence-electron chi connectivity index (χ4n) is 6.22. The average Bonchev–Trinajstić information content (AvgIpc) is 3.35. The molecule has 49 heavy (non-hydrogen) atoms. The third kappa shape index (κ3) is 7.61. The van der Waals surface area contributed by atoms with Crippen molar-refractivity contribution in [3.63, 3.8) is 0 Å². The lowest BCUT2D eigenvalue weighted by molar-refractivity contribution is -0.165. The van der Waals surface area contributed by atoms with Gasteiger partial charge in [0, 0.05) is 55.6 Å². The van der Waals surface area contributed by atoms with Crippen LogP contribution in [0, 0.1) is 11.6 Å². The summed E-state index contributed by atoms with van der Waals surface area (Å²) in [7, 11) is 2.96. The van der Waals surface area contributed by atoms with Gasteiger partial charge in [-0.15, -0.1) is 0 Å². The molecule has 0 spiro atoms. The maximum Gasteiger partial charge on any atom is 0.410 e. The van der Waals surface area contributed by atoms with Gasteiger partial charge in [0.2, 0.25) is 0 Å². The monoisotopic (exact) mass is 701 g/mol. The Morgan fingerprint density at radius 1 is 1.14 bits per heavy atom. The Morgan fingerprint density at radius 2 is 1.88 bits per heavy atom. The normalized spacial score (nSPS) is 20.3. The molecule has 5 rings (SSSR count).